The summed E-state index contributed by atoms with van der Waals surface area (Å²) in [6.45, 7) is 0.872. The summed E-state index contributed by atoms with van der Waals surface area (Å²) in [4.78, 5) is 14.6. The lowest BCUT2D eigenvalue weighted by molar-refractivity contribution is 0.0984. The highest BCUT2D eigenvalue weighted by Gasteiger charge is 2.28. The Morgan fingerprint density at radius 2 is 2.10 bits per heavy atom. The van der Waals surface area contributed by atoms with E-state index < -0.39 is 15.3 Å². The number of halogens is 1. The fourth-order valence-electron chi connectivity index (χ4n) is 2.04. The molecule has 20 heavy (non-hydrogen) atoms. The molecule has 0 aliphatic carbocycles. The van der Waals surface area contributed by atoms with Crippen LogP contribution >= 0.6 is 11.6 Å². The maximum atomic E-state index is 12.2. The second-order valence-electron chi connectivity index (χ2n) is 4.40. The Labute approximate surface area is 120 Å². The Balaban J connectivity index is 1.88. The number of nitrogens with zero attached hydrogens (tertiary/aromatic N) is 3. The second kappa shape index (κ2) is 5.15. The number of H-pyrrole nitrogens is 1. The van der Waals surface area contributed by atoms with Crippen LogP contribution in [-0.2, 0) is 14.8 Å². The first-order chi connectivity index (χ1) is 9.56. The average Bonchev–Trinajstić information content (AvgIpc) is 2.88. The van der Waals surface area contributed by atoms with Gasteiger partial charge >= 0.3 is 0 Å². The number of fused-ring (bicyclic) bond motifs is 1. The van der Waals surface area contributed by atoms with Gasteiger partial charge in [-0.1, -0.05) is 11.6 Å². The highest BCUT2D eigenvalue weighted by Crippen LogP contribution is 2.21. The Morgan fingerprint density at radius 1 is 1.35 bits per heavy atom. The maximum absolute atomic E-state index is 12.2. The molecule has 1 saturated heterocycles. The third kappa shape index (κ3) is 2.56. The number of hydrogen-bond acceptors (Lipinski definition) is 6. The molecular formula is C10H12ClN5O3S. The maximum Gasteiger partial charge on any atom is 0.240 e. The predicted octanol–water partition coefficient (Wildman–Crippen LogP) is 0.927. The molecule has 0 saturated carbocycles. The van der Waals surface area contributed by atoms with Gasteiger partial charge in [0.05, 0.1) is 11.6 Å². The molecule has 1 aliphatic heterocycles. The van der Waals surface area contributed by atoms with Crippen molar-refractivity contribution in [2.24, 2.45) is 0 Å². The van der Waals surface area contributed by atoms with Crippen molar-refractivity contribution < 1.29 is 13.2 Å². The molecule has 1 aliphatic rings. The number of imidazole rings is 1. The summed E-state index contributed by atoms with van der Waals surface area (Å²) >= 11 is 5.94. The standard InChI is InChI=1S/C10H12ClN5O3S/c11-8-7-9(13-5-12-7)15-10(14-8)16-20(17,18)6-1-3-19-4-2-6/h5-6H,1-4H2,(H2,12,13,14,15,16). The quantitative estimate of drug-likeness (QED) is 0.815. The van der Waals surface area contributed by atoms with Gasteiger partial charge in [-0.3, -0.25) is 4.72 Å². The van der Waals surface area contributed by atoms with E-state index in [1.54, 1.807) is 0 Å². The van der Waals surface area contributed by atoms with Crippen LogP contribution in [0.1, 0.15) is 12.8 Å². The Hall–Kier alpha value is -1.45. The SMILES string of the molecule is O=S(=O)(Nc1nc(Cl)c2[nH]cnc2n1)C1CCOCC1. The van der Waals surface area contributed by atoms with Crippen LogP contribution in [-0.4, -0.2) is 46.8 Å². The molecule has 2 N–H and O–H groups in total. The van der Waals surface area contributed by atoms with Crippen molar-refractivity contribution in [3.05, 3.63) is 11.5 Å². The topological polar surface area (TPSA) is 110 Å². The largest absolute Gasteiger partial charge is 0.381 e. The van der Waals surface area contributed by atoms with Gasteiger partial charge in [0, 0.05) is 13.2 Å². The zero-order valence-corrected chi connectivity index (χ0v) is 11.9. The molecule has 3 rings (SSSR count). The van der Waals surface area contributed by atoms with Gasteiger partial charge in [-0.05, 0) is 12.8 Å². The number of rotatable bonds is 3. The molecule has 0 radical (unpaired) electrons. The zero-order chi connectivity index (χ0) is 14.2. The van der Waals surface area contributed by atoms with Gasteiger partial charge in [0.2, 0.25) is 16.0 Å². The van der Waals surface area contributed by atoms with Gasteiger partial charge < -0.3 is 9.72 Å². The summed E-state index contributed by atoms with van der Waals surface area (Å²) < 4.78 is 32.0. The van der Waals surface area contributed by atoms with E-state index in [-0.39, 0.29) is 11.1 Å². The van der Waals surface area contributed by atoms with Crippen LogP contribution < -0.4 is 4.72 Å². The van der Waals surface area contributed by atoms with Crippen LogP contribution in [0.5, 0.6) is 0 Å². The van der Waals surface area contributed by atoms with Crippen LogP contribution in [0.25, 0.3) is 11.2 Å². The summed E-state index contributed by atoms with van der Waals surface area (Å²) in [5.74, 6) is -0.0684. The molecule has 0 amide bonds. The highest BCUT2D eigenvalue weighted by molar-refractivity contribution is 7.93. The van der Waals surface area contributed by atoms with E-state index in [1.807, 2.05) is 0 Å². The molecule has 2 aromatic rings. The Bertz CT molecular complexity index is 726. The van der Waals surface area contributed by atoms with Crippen LogP contribution in [0.2, 0.25) is 5.15 Å². The molecule has 0 spiro atoms. The normalized spacial score (nSPS) is 17.4. The number of nitrogens with one attached hydrogen (secondary N) is 2. The first-order valence-corrected chi connectivity index (χ1v) is 7.95. The molecule has 8 nitrogen and oxygen atoms in total. The van der Waals surface area contributed by atoms with E-state index in [0.29, 0.717) is 37.2 Å². The minimum Gasteiger partial charge on any atom is -0.381 e. The number of sulfonamides is 1. The van der Waals surface area contributed by atoms with Gasteiger partial charge in [0.25, 0.3) is 0 Å². The van der Waals surface area contributed by atoms with E-state index in [1.165, 1.54) is 6.33 Å². The first-order valence-electron chi connectivity index (χ1n) is 6.02. The van der Waals surface area contributed by atoms with Crippen molar-refractivity contribution >= 4 is 38.7 Å². The molecule has 108 valence electrons. The Morgan fingerprint density at radius 3 is 2.85 bits per heavy atom. The molecule has 0 aromatic carbocycles. The molecule has 0 unspecified atom stereocenters. The number of ether oxygens (including phenoxy) is 1. The Kier molecular flexibility index (Phi) is 3.48. The van der Waals surface area contributed by atoms with Crippen LogP contribution in [0.4, 0.5) is 5.95 Å². The van der Waals surface area contributed by atoms with Gasteiger partial charge in [-0.25, -0.2) is 13.4 Å². The number of anilines is 1. The van der Waals surface area contributed by atoms with E-state index >= 15 is 0 Å². The van der Waals surface area contributed by atoms with Crippen molar-refractivity contribution in [3.8, 4) is 0 Å². The predicted molar refractivity (Wildman–Crippen MR) is 73.1 cm³/mol. The summed E-state index contributed by atoms with van der Waals surface area (Å²) in [7, 11) is -3.56. The van der Waals surface area contributed by atoms with Gasteiger partial charge in [-0.2, -0.15) is 9.97 Å². The number of aromatic nitrogens is 4. The van der Waals surface area contributed by atoms with Gasteiger partial charge in [-0.15, -0.1) is 0 Å². The summed E-state index contributed by atoms with van der Waals surface area (Å²) in [5.41, 5.74) is 0.787. The minimum atomic E-state index is -3.56. The van der Waals surface area contributed by atoms with Gasteiger partial charge in [0.1, 0.15) is 5.52 Å². The average molecular weight is 318 g/mol. The molecule has 10 heteroatoms. The zero-order valence-electron chi connectivity index (χ0n) is 10.3. The summed E-state index contributed by atoms with van der Waals surface area (Å²) in [6.07, 6.45) is 2.32. The van der Waals surface area contributed by atoms with Crippen molar-refractivity contribution in [2.45, 2.75) is 18.1 Å². The van der Waals surface area contributed by atoms with Crippen molar-refractivity contribution in [1.82, 2.24) is 19.9 Å². The van der Waals surface area contributed by atoms with Crippen LogP contribution in [0.3, 0.4) is 0 Å². The monoisotopic (exact) mass is 317 g/mol. The van der Waals surface area contributed by atoms with Crippen LogP contribution in [0.15, 0.2) is 6.33 Å². The molecule has 3 heterocycles. The molecule has 1 fully saturated rings. The third-order valence-corrected chi connectivity index (χ3v) is 5.17. The second-order valence-corrected chi connectivity index (χ2v) is 6.72. The number of aromatic amines is 1. The minimum absolute atomic E-state index is 0.0684. The van der Waals surface area contributed by atoms with Crippen molar-refractivity contribution in [2.75, 3.05) is 17.9 Å². The smallest absolute Gasteiger partial charge is 0.240 e. The molecule has 0 bridgehead atoms. The summed E-state index contributed by atoms with van der Waals surface area (Å²) in [6, 6.07) is 0. The molecule has 2 aromatic heterocycles. The lowest BCUT2D eigenvalue weighted by atomic mass is 10.2. The van der Waals surface area contributed by atoms with E-state index in [2.05, 4.69) is 24.7 Å². The lowest BCUT2D eigenvalue weighted by Gasteiger charge is -2.22. The fourth-order valence-corrected chi connectivity index (χ4v) is 3.58. The first kappa shape index (κ1) is 13.5. The van der Waals surface area contributed by atoms with E-state index in [0.717, 1.165) is 0 Å². The third-order valence-electron chi connectivity index (χ3n) is 3.08. The van der Waals surface area contributed by atoms with E-state index in [4.69, 9.17) is 16.3 Å². The van der Waals surface area contributed by atoms with Crippen molar-refractivity contribution in [3.63, 3.8) is 0 Å². The fraction of sp³-hybridized carbons (Fsp3) is 0.500. The lowest BCUT2D eigenvalue weighted by Crippen LogP contribution is -2.33. The molecular weight excluding hydrogens is 306 g/mol. The van der Waals surface area contributed by atoms with E-state index in [9.17, 15) is 8.42 Å². The number of hydrogen-bond donors (Lipinski definition) is 2. The molecule has 0 atom stereocenters. The summed E-state index contributed by atoms with van der Waals surface area (Å²) in [5, 5.41) is -0.384. The highest BCUT2D eigenvalue weighted by atomic mass is 35.5. The van der Waals surface area contributed by atoms with Crippen LogP contribution in [0, 0.1) is 0 Å². The van der Waals surface area contributed by atoms with Crippen molar-refractivity contribution in [1.29, 1.82) is 0 Å². The van der Waals surface area contributed by atoms with Gasteiger partial charge in [0.15, 0.2) is 10.8 Å².